The fourth-order valence-electron chi connectivity index (χ4n) is 3.70. The van der Waals surface area contributed by atoms with Gasteiger partial charge in [0.15, 0.2) is 5.82 Å². The van der Waals surface area contributed by atoms with Gasteiger partial charge in [-0.1, -0.05) is 48.6 Å². The number of nitrogens with zero attached hydrogens (tertiary/aromatic N) is 3. The Morgan fingerprint density at radius 3 is 2.70 bits per heavy atom. The molecule has 0 unspecified atom stereocenters. The maximum Gasteiger partial charge on any atom is 0.225 e. The molecule has 3 heterocycles. The second-order valence-electron chi connectivity index (χ2n) is 7.37. The first-order valence-electron chi connectivity index (χ1n) is 10.5. The van der Waals surface area contributed by atoms with Crippen LogP contribution >= 0.6 is 0 Å². The van der Waals surface area contributed by atoms with Crippen molar-refractivity contribution in [1.82, 2.24) is 20.2 Å². The number of aromatic nitrogens is 4. The maximum absolute atomic E-state index is 4.75. The molecule has 6 heteroatoms. The van der Waals surface area contributed by atoms with Crippen LogP contribution in [0, 0.1) is 0 Å². The minimum atomic E-state index is 0.604. The molecule has 1 aromatic carbocycles. The highest BCUT2D eigenvalue weighted by atomic mass is 15.2. The fraction of sp³-hybridized carbons (Fsp3) is 0.292. The summed E-state index contributed by atoms with van der Waals surface area (Å²) in [7, 11) is 0. The number of H-pyrrole nitrogens is 1. The summed E-state index contributed by atoms with van der Waals surface area (Å²) < 4.78 is 0. The Balaban J connectivity index is 1.75. The number of aromatic amines is 1. The Hall–Kier alpha value is -3.41. The number of nitrogens with one attached hydrogen (secondary N) is 3. The van der Waals surface area contributed by atoms with Gasteiger partial charge in [-0.15, -0.1) is 0 Å². The summed E-state index contributed by atoms with van der Waals surface area (Å²) in [5, 5.41) is 16.1. The van der Waals surface area contributed by atoms with Crippen molar-refractivity contribution in [1.29, 1.82) is 0 Å². The highest BCUT2D eigenvalue weighted by Gasteiger charge is 2.09. The molecule has 30 heavy (non-hydrogen) atoms. The standard InChI is InChI=1S/C24H28N6/c1-3-20-21(4-2)26-24-25-16-18-13-10-9-12-17(18)11-7-5-6-8-14-19-15-22(30-29-19)27-23(20)28-24/h3-4,6,8-10,12-13,15H,5,7,11,14,16H2,1-2H3,(H3,25,26,27,28,29,30)/b8-6-,20-3+,21-4+. The molecule has 6 nitrogen and oxygen atoms in total. The van der Waals surface area contributed by atoms with Gasteiger partial charge in [-0.3, -0.25) is 5.10 Å². The number of allylic oxidation sites excluding steroid dienone is 2. The lowest BCUT2D eigenvalue weighted by atomic mass is 10.0. The summed E-state index contributed by atoms with van der Waals surface area (Å²) in [4.78, 5) is 9.47. The summed E-state index contributed by atoms with van der Waals surface area (Å²) >= 11 is 0. The summed E-state index contributed by atoms with van der Waals surface area (Å²) in [6.07, 6.45) is 12.6. The molecule has 0 atom stereocenters. The molecule has 0 radical (unpaired) electrons. The molecule has 0 aliphatic carbocycles. The molecular weight excluding hydrogens is 372 g/mol. The summed E-state index contributed by atoms with van der Waals surface area (Å²) in [5.74, 6) is 2.10. The first-order chi connectivity index (χ1) is 14.8. The number of fused-ring (bicyclic) bond motifs is 5. The molecule has 4 rings (SSSR count). The van der Waals surface area contributed by atoms with Crippen LogP contribution < -0.4 is 21.2 Å². The van der Waals surface area contributed by atoms with Gasteiger partial charge in [-0.2, -0.15) is 10.1 Å². The van der Waals surface area contributed by atoms with Crippen LogP contribution in [0.1, 0.15) is 43.5 Å². The average Bonchev–Trinajstić information content (AvgIpc) is 3.21. The average molecular weight is 401 g/mol. The molecule has 3 aromatic rings. The summed E-state index contributed by atoms with van der Waals surface area (Å²) in [5.41, 5.74) is 3.73. The van der Waals surface area contributed by atoms with Crippen LogP contribution in [-0.4, -0.2) is 20.2 Å². The quantitative estimate of drug-likeness (QED) is 0.503. The van der Waals surface area contributed by atoms with Gasteiger partial charge in [-0.05, 0) is 44.2 Å². The topological polar surface area (TPSA) is 78.5 Å². The van der Waals surface area contributed by atoms with E-state index in [1.54, 1.807) is 0 Å². The third-order valence-corrected chi connectivity index (χ3v) is 5.29. The third-order valence-electron chi connectivity index (χ3n) is 5.29. The van der Waals surface area contributed by atoms with Crippen molar-refractivity contribution in [3.8, 4) is 0 Å². The minimum absolute atomic E-state index is 0.604. The van der Waals surface area contributed by atoms with Gasteiger partial charge in [0.2, 0.25) is 5.95 Å². The van der Waals surface area contributed by atoms with Gasteiger partial charge < -0.3 is 10.6 Å². The molecule has 4 bridgehead atoms. The van der Waals surface area contributed by atoms with Crippen LogP contribution in [0.5, 0.6) is 0 Å². The van der Waals surface area contributed by atoms with Crippen LogP contribution in [-0.2, 0) is 19.4 Å². The smallest absolute Gasteiger partial charge is 0.225 e. The van der Waals surface area contributed by atoms with Gasteiger partial charge in [0.05, 0.1) is 5.35 Å². The van der Waals surface area contributed by atoms with Crippen molar-refractivity contribution in [2.24, 2.45) is 0 Å². The number of hydrogen-bond donors (Lipinski definition) is 3. The van der Waals surface area contributed by atoms with Crippen molar-refractivity contribution < 1.29 is 0 Å². The van der Waals surface area contributed by atoms with E-state index in [1.165, 1.54) is 11.1 Å². The molecule has 3 N–H and O–H groups in total. The zero-order valence-corrected chi connectivity index (χ0v) is 17.6. The van der Waals surface area contributed by atoms with E-state index in [9.17, 15) is 0 Å². The van der Waals surface area contributed by atoms with E-state index < -0.39 is 0 Å². The molecule has 1 aliphatic rings. The van der Waals surface area contributed by atoms with Crippen LogP contribution in [0.4, 0.5) is 17.6 Å². The minimum Gasteiger partial charge on any atom is -0.350 e. The highest BCUT2D eigenvalue weighted by molar-refractivity contribution is 5.56. The fourth-order valence-corrected chi connectivity index (χ4v) is 3.70. The Labute approximate surface area is 176 Å². The van der Waals surface area contributed by atoms with E-state index in [2.05, 4.69) is 57.2 Å². The van der Waals surface area contributed by atoms with Crippen LogP contribution in [0.15, 0.2) is 42.5 Å². The van der Waals surface area contributed by atoms with E-state index in [1.807, 2.05) is 32.1 Å². The van der Waals surface area contributed by atoms with E-state index >= 15 is 0 Å². The first-order valence-corrected chi connectivity index (χ1v) is 10.5. The van der Waals surface area contributed by atoms with E-state index in [0.717, 1.165) is 53.6 Å². The number of benzene rings is 1. The van der Waals surface area contributed by atoms with Crippen molar-refractivity contribution >= 4 is 29.7 Å². The zero-order valence-electron chi connectivity index (χ0n) is 17.6. The number of aryl methyl sites for hydroxylation is 1. The van der Waals surface area contributed by atoms with Gasteiger partial charge in [0.25, 0.3) is 0 Å². The van der Waals surface area contributed by atoms with E-state index in [4.69, 9.17) is 9.97 Å². The Morgan fingerprint density at radius 2 is 1.87 bits per heavy atom. The molecule has 0 amide bonds. The molecule has 0 fully saturated rings. The van der Waals surface area contributed by atoms with Crippen molar-refractivity contribution in [2.75, 3.05) is 10.6 Å². The van der Waals surface area contributed by atoms with Gasteiger partial charge in [-0.25, -0.2) is 4.98 Å². The summed E-state index contributed by atoms with van der Waals surface area (Å²) in [6.45, 7) is 4.68. The number of rotatable bonds is 0. The SMILES string of the molecule is C/C=c1/nc2nc(/c1=C/C)Nc1cc([nH]n1)C/C=C\CCCc1ccccc1CN2. The Morgan fingerprint density at radius 1 is 1.00 bits per heavy atom. The lowest BCUT2D eigenvalue weighted by Crippen LogP contribution is -2.32. The van der Waals surface area contributed by atoms with E-state index in [-0.39, 0.29) is 0 Å². The van der Waals surface area contributed by atoms with Gasteiger partial charge in [0.1, 0.15) is 5.82 Å². The second kappa shape index (κ2) is 9.39. The van der Waals surface area contributed by atoms with Crippen molar-refractivity contribution in [2.45, 2.75) is 46.1 Å². The molecular formula is C24H28N6. The normalized spacial score (nSPS) is 16.9. The lowest BCUT2D eigenvalue weighted by molar-refractivity contribution is 0.828. The highest BCUT2D eigenvalue weighted by Crippen LogP contribution is 2.16. The largest absolute Gasteiger partial charge is 0.350 e. The summed E-state index contributed by atoms with van der Waals surface area (Å²) in [6, 6.07) is 10.6. The van der Waals surface area contributed by atoms with Crippen LogP contribution in [0.2, 0.25) is 0 Å². The molecule has 0 saturated carbocycles. The third kappa shape index (κ3) is 4.59. The van der Waals surface area contributed by atoms with Gasteiger partial charge >= 0.3 is 0 Å². The molecule has 1 aliphatic heterocycles. The van der Waals surface area contributed by atoms with Crippen LogP contribution in [0.25, 0.3) is 12.2 Å². The molecule has 0 saturated heterocycles. The molecule has 2 aromatic heterocycles. The second-order valence-corrected chi connectivity index (χ2v) is 7.37. The molecule has 154 valence electrons. The maximum atomic E-state index is 4.75. The molecule has 0 spiro atoms. The predicted molar refractivity (Wildman–Crippen MR) is 123 cm³/mol. The van der Waals surface area contributed by atoms with Crippen molar-refractivity contribution in [3.05, 3.63) is 69.9 Å². The number of hydrogen-bond acceptors (Lipinski definition) is 5. The predicted octanol–water partition coefficient (Wildman–Crippen LogP) is 3.59. The van der Waals surface area contributed by atoms with Crippen LogP contribution in [0.3, 0.4) is 0 Å². The first kappa shape index (κ1) is 19.9. The van der Waals surface area contributed by atoms with Crippen molar-refractivity contribution in [3.63, 3.8) is 0 Å². The van der Waals surface area contributed by atoms with E-state index in [0.29, 0.717) is 12.5 Å². The lowest BCUT2D eigenvalue weighted by Gasteiger charge is -2.12. The number of anilines is 3. The Kier molecular flexibility index (Phi) is 6.23. The Bertz CT molecular complexity index is 1160. The zero-order chi connectivity index (χ0) is 20.8. The monoisotopic (exact) mass is 400 g/mol. The van der Waals surface area contributed by atoms with Gasteiger partial charge in [0, 0.05) is 29.9 Å².